The van der Waals surface area contributed by atoms with E-state index >= 15 is 0 Å². The number of carboxylic acid groups (broad SMARTS) is 1. The number of hydrogen-bond donors (Lipinski definition) is 3. The number of nitrogens with one attached hydrogen (secondary N) is 2. The summed E-state index contributed by atoms with van der Waals surface area (Å²) in [5, 5.41) is 21.8. The molecule has 0 unspecified atom stereocenters. The predicted molar refractivity (Wildman–Crippen MR) is 49.7 cm³/mol. The lowest BCUT2D eigenvalue weighted by Gasteiger charge is -2.38. The van der Waals surface area contributed by atoms with Crippen molar-refractivity contribution in [2.24, 2.45) is 11.8 Å². The molecule has 0 aromatic rings. The summed E-state index contributed by atoms with van der Waals surface area (Å²) >= 11 is 0. The second-order valence-electron chi connectivity index (χ2n) is 3.72. The van der Waals surface area contributed by atoms with Crippen molar-refractivity contribution in [3.8, 4) is 0 Å². The summed E-state index contributed by atoms with van der Waals surface area (Å²) in [6.07, 6.45) is 0. The highest BCUT2D eigenvalue weighted by Gasteiger charge is 2.47. The van der Waals surface area contributed by atoms with Crippen LogP contribution in [-0.4, -0.2) is 45.9 Å². The molecule has 1 amide bonds. The van der Waals surface area contributed by atoms with Crippen LogP contribution in [0, 0.1) is 17.4 Å². The zero-order valence-electron chi connectivity index (χ0n) is 8.97. The SMILES string of the molecule is C[C@@H](C(=O)C(=[N+]=N)C(=O)[O-])[C@H]1NC(=O)[C@@H]1CO. The summed E-state index contributed by atoms with van der Waals surface area (Å²) in [5.41, 5.74) is 5.58. The monoisotopic (exact) mass is 241 g/mol. The average molecular weight is 241 g/mol. The van der Waals surface area contributed by atoms with Crippen LogP contribution < -0.4 is 10.4 Å². The summed E-state index contributed by atoms with van der Waals surface area (Å²) in [5.74, 6) is -4.74. The fourth-order valence-electron chi connectivity index (χ4n) is 1.69. The van der Waals surface area contributed by atoms with Crippen molar-refractivity contribution in [2.45, 2.75) is 13.0 Å². The number of β-lactam (4-membered cyclic amide) rings is 1. The Morgan fingerprint density at radius 2 is 2.24 bits per heavy atom. The van der Waals surface area contributed by atoms with E-state index in [1.54, 1.807) is 0 Å². The first-order valence-electron chi connectivity index (χ1n) is 4.85. The van der Waals surface area contributed by atoms with E-state index in [9.17, 15) is 19.5 Å². The Balaban J connectivity index is 2.81. The van der Waals surface area contributed by atoms with Gasteiger partial charge in [-0.2, -0.15) is 0 Å². The van der Waals surface area contributed by atoms with Crippen molar-refractivity contribution in [2.75, 3.05) is 6.61 Å². The van der Waals surface area contributed by atoms with Crippen LogP contribution in [0.5, 0.6) is 0 Å². The number of aliphatic hydroxyl groups excluding tert-OH is 1. The van der Waals surface area contributed by atoms with Crippen LogP contribution in [0.3, 0.4) is 0 Å². The molecule has 0 spiro atoms. The minimum Gasteiger partial charge on any atom is -0.538 e. The molecule has 8 nitrogen and oxygen atoms in total. The Kier molecular flexibility index (Phi) is 3.72. The number of nitrogens with zero attached hydrogens (tertiary/aromatic N) is 1. The van der Waals surface area contributed by atoms with Gasteiger partial charge in [0, 0.05) is 5.92 Å². The minimum absolute atomic E-state index is 0.394. The highest BCUT2D eigenvalue weighted by atomic mass is 16.4. The van der Waals surface area contributed by atoms with E-state index in [0.717, 1.165) is 0 Å². The number of Topliss-reactive ketones (excluding diaryl/α,β-unsaturated/α-hetero) is 1. The number of amides is 1. The zero-order chi connectivity index (χ0) is 13.2. The Morgan fingerprint density at radius 3 is 2.59 bits per heavy atom. The first kappa shape index (κ1) is 13.0. The molecule has 17 heavy (non-hydrogen) atoms. The number of carbonyl (C=O) groups is 3. The van der Waals surface area contributed by atoms with Crippen LogP contribution >= 0.6 is 0 Å². The van der Waals surface area contributed by atoms with E-state index < -0.39 is 47.9 Å². The number of hydrogen-bond acceptors (Lipinski definition) is 6. The summed E-state index contributed by atoms with van der Waals surface area (Å²) in [4.78, 5) is 35.7. The van der Waals surface area contributed by atoms with Crippen molar-refractivity contribution in [3.05, 3.63) is 0 Å². The van der Waals surface area contributed by atoms with Gasteiger partial charge in [-0.3, -0.25) is 9.59 Å². The van der Waals surface area contributed by atoms with Gasteiger partial charge in [0.15, 0.2) is 5.97 Å². The maximum atomic E-state index is 11.6. The average Bonchev–Trinajstić information content (AvgIpc) is 2.25. The van der Waals surface area contributed by atoms with Gasteiger partial charge in [0.05, 0.1) is 28.9 Å². The van der Waals surface area contributed by atoms with Gasteiger partial charge in [-0.15, -0.1) is 0 Å². The molecule has 1 aliphatic rings. The molecule has 0 bridgehead atoms. The van der Waals surface area contributed by atoms with Gasteiger partial charge in [0.25, 0.3) is 5.78 Å². The molecule has 0 radical (unpaired) electrons. The van der Waals surface area contributed by atoms with Crippen LogP contribution in [0.15, 0.2) is 0 Å². The van der Waals surface area contributed by atoms with E-state index in [1.165, 1.54) is 6.92 Å². The predicted octanol–water partition coefficient (Wildman–Crippen LogP) is -3.27. The van der Waals surface area contributed by atoms with E-state index in [0.29, 0.717) is 0 Å². The Hall–Kier alpha value is -2.05. The van der Waals surface area contributed by atoms with E-state index in [-0.39, 0.29) is 0 Å². The molecule has 1 fully saturated rings. The third-order valence-corrected chi connectivity index (χ3v) is 2.77. The smallest absolute Gasteiger partial charge is 0.429 e. The fraction of sp³-hybridized carbons (Fsp3) is 0.556. The van der Waals surface area contributed by atoms with Crippen molar-refractivity contribution < 1.29 is 29.4 Å². The quantitative estimate of drug-likeness (QED) is 0.152. The first-order chi connectivity index (χ1) is 7.93. The van der Waals surface area contributed by atoms with Crippen molar-refractivity contribution in [3.63, 3.8) is 0 Å². The highest BCUT2D eigenvalue weighted by Crippen LogP contribution is 2.22. The molecule has 1 aliphatic heterocycles. The van der Waals surface area contributed by atoms with E-state index in [2.05, 4.69) is 10.1 Å². The van der Waals surface area contributed by atoms with Gasteiger partial charge in [0.2, 0.25) is 5.91 Å². The third-order valence-electron chi connectivity index (χ3n) is 2.77. The lowest BCUT2D eigenvalue weighted by atomic mass is 9.79. The van der Waals surface area contributed by atoms with Crippen LogP contribution in [0.4, 0.5) is 0 Å². The first-order valence-corrected chi connectivity index (χ1v) is 4.85. The molecule has 0 aromatic carbocycles. The molecule has 1 rings (SSSR count). The van der Waals surface area contributed by atoms with Gasteiger partial charge < -0.3 is 20.3 Å². The summed E-state index contributed by atoms with van der Waals surface area (Å²) in [6, 6.07) is -0.643. The topological polar surface area (TPSA) is 144 Å². The number of aliphatic carboxylic acids is 1. The van der Waals surface area contributed by atoms with Gasteiger partial charge in [-0.1, -0.05) is 6.92 Å². The van der Waals surface area contributed by atoms with E-state index in [4.69, 9.17) is 10.6 Å². The molecule has 8 heteroatoms. The highest BCUT2D eigenvalue weighted by molar-refractivity contribution is 6.61. The minimum atomic E-state index is -1.83. The molecule has 1 heterocycles. The van der Waals surface area contributed by atoms with Crippen molar-refractivity contribution in [1.82, 2.24) is 5.32 Å². The maximum absolute atomic E-state index is 11.6. The molecule has 3 N–H and O–H groups in total. The van der Waals surface area contributed by atoms with Gasteiger partial charge in [-0.25, -0.2) is 0 Å². The zero-order valence-corrected chi connectivity index (χ0v) is 8.97. The number of aliphatic hydroxyl groups is 1. The summed E-state index contributed by atoms with van der Waals surface area (Å²) in [7, 11) is 0. The molecular weight excluding hydrogens is 230 g/mol. The number of carboxylic acids is 1. The summed E-state index contributed by atoms with van der Waals surface area (Å²) in [6.45, 7) is 0.968. The third kappa shape index (κ3) is 2.22. The molecule has 0 aromatic heterocycles. The van der Waals surface area contributed by atoms with Crippen LogP contribution in [0.25, 0.3) is 0 Å². The number of rotatable bonds is 5. The molecule has 0 saturated carbocycles. The Morgan fingerprint density at radius 1 is 1.65 bits per heavy atom. The van der Waals surface area contributed by atoms with Gasteiger partial charge in [0.1, 0.15) is 0 Å². The molecular formula is C9H11N3O5. The molecule has 1 saturated heterocycles. The van der Waals surface area contributed by atoms with Crippen molar-refractivity contribution in [1.29, 1.82) is 5.53 Å². The van der Waals surface area contributed by atoms with Crippen LogP contribution in [0.1, 0.15) is 6.92 Å². The summed E-state index contributed by atoms with van der Waals surface area (Å²) < 4.78 is 0. The second-order valence-corrected chi connectivity index (χ2v) is 3.72. The van der Waals surface area contributed by atoms with E-state index in [1.807, 2.05) is 0 Å². The van der Waals surface area contributed by atoms with Crippen molar-refractivity contribution >= 4 is 23.4 Å². The maximum Gasteiger partial charge on any atom is 0.429 e. The lowest BCUT2D eigenvalue weighted by molar-refractivity contribution is -0.298. The number of ketones is 1. The number of carbonyl (C=O) groups excluding carboxylic acids is 3. The molecule has 0 aliphatic carbocycles. The van der Waals surface area contributed by atoms with Gasteiger partial charge in [-0.05, 0) is 0 Å². The molecule has 92 valence electrons. The fourth-order valence-corrected chi connectivity index (χ4v) is 1.69. The second kappa shape index (κ2) is 4.86. The Bertz CT molecular complexity index is 426. The Labute approximate surface area is 95.9 Å². The van der Waals surface area contributed by atoms with Gasteiger partial charge >= 0.3 is 5.71 Å². The van der Waals surface area contributed by atoms with Crippen LogP contribution in [0.2, 0.25) is 0 Å². The molecule has 3 atom stereocenters. The lowest BCUT2D eigenvalue weighted by Crippen LogP contribution is -2.64. The largest absolute Gasteiger partial charge is 0.538 e. The normalized spacial score (nSPS) is 24.0. The standard InChI is InChI=1S/C9H11N3O5/c1-3(5-4(2-13)8(15)11-5)7(14)6(12-10)9(16)17/h3-5,10,13H,2H2,1H3,(H-,11,15,16,17)/t3-,4-,5-/m1/s1. The van der Waals surface area contributed by atoms with Crippen LogP contribution in [-0.2, 0) is 14.4 Å².